The highest BCUT2D eigenvalue weighted by molar-refractivity contribution is 8.00. The summed E-state index contributed by atoms with van der Waals surface area (Å²) in [6.07, 6.45) is 5.17. The van der Waals surface area contributed by atoms with Crippen LogP contribution in [0.2, 0.25) is 0 Å². The molecule has 0 saturated carbocycles. The van der Waals surface area contributed by atoms with Gasteiger partial charge in [0, 0.05) is 52.4 Å². The van der Waals surface area contributed by atoms with Crippen molar-refractivity contribution in [3.63, 3.8) is 0 Å². The Morgan fingerprint density at radius 2 is 1.77 bits per heavy atom. The molecule has 1 saturated heterocycles. The van der Waals surface area contributed by atoms with Crippen LogP contribution < -0.4 is 13.7 Å². The number of benzene rings is 3. The van der Waals surface area contributed by atoms with E-state index in [0.29, 0.717) is 0 Å². The van der Waals surface area contributed by atoms with Gasteiger partial charge in [-0.3, -0.25) is 0 Å². The van der Waals surface area contributed by atoms with E-state index < -0.39 is 0 Å². The van der Waals surface area contributed by atoms with E-state index in [4.69, 9.17) is 4.98 Å². The Labute approximate surface area is 217 Å². The molecule has 2 N–H and O–H groups in total. The molecule has 5 rings (SSSR count). The lowest BCUT2D eigenvalue weighted by Crippen LogP contribution is -2.29. The number of aromatic nitrogens is 1. The highest BCUT2D eigenvalue weighted by atomic mass is 32.2. The van der Waals surface area contributed by atoms with Gasteiger partial charge in [0.1, 0.15) is 0 Å². The van der Waals surface area contributed by atoms with Crippen LogP contribution in [0.25, 0.3) is 22.2 Å². The standard InChI is InChI=1S/C25H24N4S2.C4H8/c1-18-7-9-20(17-23(18)25-14-8-19-5-2-3-6-24(19)27-25)28-30-22-12-10-21(11-13-22)29-16-4-15-26-31-29;1-3-4-2/h2-3,5-14,17,26,28H,4,15-16H2,1H3;3-4H,1-2H3/b;4-3-. The predicted octanol–water partition coefficient (Wildman–Crippen LogP) is 8.27. The van der Waals surface area contributed by atoms with E-state index in [1.54, 1.807) is 24.1 Å². The number of hydrogen-bond donors (Lipinski definition) is 2. The maximum absolute atomic E-state index is 4.87. The van der Waals surface area contributed by atoms with Gasteiger partial charge in [0.15, 0.2) is 0 Å². The molecule has 0 aliphatic carbocycles. The fourth-order valence-corrected chi connectivity index (χ4v) is 5.10. The average molecular weight is 501 g/mol. The smallest absolute Gasteiger partial charge is 0.0713 e. The van der Waals surface area contributed by atoms with Gasteiger partial charge in [-0.1, -0.05) is 42.5 Å². The third-order valence-corrected chi connectivity index (χ3v) is 7.46. The Morgan fingerprint density at radius 3 is 2.51 bits per heavy atom. The number of allylic oxidation sites excluding steroid dienone is 2. The first-order chi connectivity index (χ1) is 17.2. The Balaban J connectivity index is 0.000000672. The van der Waals surface area contributed by atoms with E-state index in [1.165, 1.54) is 22.6 Å². The fraction of sp³-hybridized carbons (Fsp3) is 0.207. The van der Waals surface area contributed by atoms with E-state index in [0.717, 1.165) is 40.9 Å². The average Bonchev–Trinajstić information content (AvgIpc) is 2.93. The molecule has 4 aromatic rings. The first kappa shape index (κ1) is 25.2. The van der Waals surface area contributed by atoms with Crippen LogP contribution in [-0.2, 0) is 0 Å². The number of nitrogens with one attached hydrogen (secondary N) is 2. The molecule has 2 heterocycles. The van der Waals surface area contributed by atoms with E-state index in [2.05, 4.69) is 87.4 Å². The van der Waals surface area contributed by atoms with Crippen molar-refractivity contribution in [3.8, 4) is 11.3 Å². The van der Waals surface area contributed by atoms with Crippen molar-refractivity contribution in [3.05, 3.63) is 96.6 Å². The van der Waals surface area contributed by atoms with Gasteiger partial charge in [0.05, 0.1) is 11.2 Å². The number of para-hydroxylation sites is 1. The largest absolute Gasteiger partial charge is 0.326 e. The van der Waals surface area contributed by atoms with Crippen LogP contribution >= 0.6 is 24.1 Å². The summed E-state index contributed by atoms with van der Waals surface area (Å²) in [7, 11) is 0. The van der Waals surface area contributed by atoms with Crippen molar-refractivity contribution in [2.45, 2.75) is 32.1 Å². The zero-order valence-electron chi connectivity index (χ0n) is 20.5. The fourth-order valence-electron chi connectivity index (χ4n) is 3.62. The number of anilines is 2. The van der Waals surface area contributed by atoms with Crippen molar-refractivity contribution < 1.29 is 0 Å². The number of hydrogen-bond acceptors (Lipinski definition) is 6. The molecule has 1 fully saturated rings. The molecule has 3 aromatic carbocycles. The minimum Gasteiger partial charge on any atom is -0.326 e. The number of rotatable bonds is 5. The lowest BCUT2D eigenvalue weighted by Gasteiger charge is -2.27. The van der Waals surface area contributed by atoms with E-state index in [1.807, 2.05) is 38.1 Å². The van der Waals surface area contributed by atoms with Gasteiger partial charge in [-0.2, -0.15) is 0 Å². The number of fused-ring (bicyclic) bond motifs is 1. The molecule has 0 amide bonds. The molecule has 0 bridgehead atoms. The Bertz CT molecular complexity index is 1260. The molecule has 0 unspecified atom stereocenters. The van der Waals surface area contributed by atoms with Crippen LogP contribution in [0.1, 0.15) is 25.8 Å². The van der Waals surface area contributed by atoms with Crippen molar-refractivity contribution >= 4 is 46.4 Å². The maximum atomic E-state index is 4.87. The Morgan fingerprint density at radius 1 is 0.971 bits per heavy atom. The van der Waals surface area contributed by atoms with E-state index in [-0.39, 0.29) is 0 Å². The van der Waals surface area contributed by atoms with Crippen LogP contribution in [0.3, 0.4) is 0 Å². The molecule has 4 nitrogen and oxygen atoms in total. The van der Waals surface area contributed by atoms with Gasteiger partial charge in [-0.05, 0) is 93.2 Å². The molecule has 1 aliphatic heterocycles. The summed E-state index contributed by atoms with van der Waals surface area (Å²) < 4.78 is 9.14. The van der Waals surface area contributed by atoms with Gasteiger partial charge in [0.25, 0.3) is 0 Å². The van der Waals surface area contributed by atoms with Crippen molar-refractivity contribution in [2.75, 3.05) is 22.1 Å². The van der Waals surface area contributed by atoms with Gasteiger partial charge in [0.2, 0.25) is 0 Å². The molecule has 0 radical (unpaired) electrons. The quantitative estimate of drug-likeness (QED) is 0.212. The van der Waals surface area contributed by atoms with Crippen LogP contribution in [0.5, 0.6) is 0 Å². The number of aryl methyl sites for hydroxylation is 1. The molecular weight excluding hydrogens is 468 g/mol. The zero-order chi connectivity index (χ0) is 24.5. The Hall–Kier alpha value is -2.93. The van der Waals surface area contributed by atoms with Crippen molar-refractivity contribution in [2.24, 2.45) is 0 Å². The van der Waals surface area contributed by atoms with Crippen LogP contribution in [-0.4, -0.2) is 18.1 Å². The zero-order valence-corrected chi connectivity index (χ0v) is 22.1. The molecule has 35 heavy (non-hydrogen) atoms. The SMILES string of the molecule is C/C=C\C.Cc1ccc(NSc2ccc(N3CCCNS3)cc2)cc1-c1ccc2ccccc2n1. The summed E-state index contributed by atoms with van der Waals surface area (Å²) in [5.74, 6) is 0. The number of nitrogens with zero attached hydrogens (tertiary/aromatic N) is 2. The number of pyridine rings is 1. The molecule has 0 spiro atoms. The summed E-state index contributed by atoms with van der Waals surface area (Å²) in [5, 5.41) is 1.16. The van der Waals surface area contributed by atoms with E-state index in [9.17, 15) is 0 Å². The third kappa shape index (κ3) is 6.82. The predicted molar refractivity (Wildman–Crippen MR) is 156 cm³/mol. The van der Waals surface area contributed by atoms with Gasteiger partial charge in [-0.25, -0.2) is 9.71 Å². The Kier molecular flexibility index (Phi) is 9.12. The van der Waals surface area contributed by atoms with Crippen LogP contribution in [0.15, 0.2) is 95.9 Å². The summed E-state index contributed by atoms with van der Waals surface area (Å²) >= 11 is 3.32. The second-order valence-corrected chi connectivity index (χ2v) is 10.0. The van der Waals surface area contributed by atoms with Crippen molar-refractivity contribution in [1.29, 1.82) is 0 Å². The highest BCUT2D eigenvalue weighted by Gasteiger charge is 2.11. The molecule has 180 valence electrons. The van der Waals surface area contributed by atoms with Gasteiger partial charge in [-0.15, -0.1) is 0 Å². The molecule has 1 aliphatic rings. The first-order valence-corrected chi connectivity index (χ1v) is 13.5. The summed E-state index contributed by atoms with van der Waals surface area (Å²) in [4.78, 5) is 6.06. The maximum Gasteiger partial charge on any atom is 0.0713 e. The minimum absolute atomic E-state index is 1.00. The van der Waals surface area contributed by atoms with E-state index >= 15 is 0 Å². The topological polar surface area (TPSA) is 40.2 Å². The first-order valence-electron chi connectivity index (χ1n) is 11.9. The minimum atomic E-state index is 1.00. The molecular formula is C29H32N4S2. The van der Waals surface area contributed by atoms with Crippen molar-refractivity contribution in [1.82, 2.24) is 9.71 Å². The normalized spacial score (nSPS) is 13.5. The van der Waals surface area contributed by atoms with Gasteiger partial charge >= 0.3 is 0 Å². The lowest BCUT2D eigenvalue weighted by molar-refractivity contribution is 0.777. The monoisotopic (exact) mass is 500 g/mol. The molecule has 1 aromatic heterocycles. The lowest BCUT2D eigenvalue weighted by atomic mass is 10.0. The summed E-state index contributed by atoms with van der Waals surface area (Å²) in [6.45, 7) is 8.29. The summed E-state index contributed by atoms with van der Waals surface area (Å²) in [6, 6.07) is 27.7. The second kappa shape index (κ2) is 12.7. The molecule has 6 heteroatoms. The highest BCUT2D eigenvalue weighted by Crippen LogP contribution is 2.31. The molecule has 0 atom stereocenters. The van der Waals surface area contributed by atoms with Crippen LogP contribution in [0.4, 0.5) is 11.4 Å². The third-order valence-electron chi connectivity index (χ3n) is 5.67. The second-order valence-electron chi connectivity index (χ2n) is 8.22. The van der Waals surface area contributed by atoms with Crippen LogP contribution in [0, 0.1) is 6.92 Å². The van der Waals surface area contributed by atoms with Gasteiger partial charge < -0.3 is 9.03 Å². The summed E-state index contributed by atoms with van der Waals surface area (Å²) in [5.41, 5.74) is 6.70.